The number of esters is 1. The molecular formula is C27H39BF3NO5. The Labute approximate surface area is 218 Å². The van der Waals surface area contributed by atoms with E-state index in [1.807, 2.05) is 27.7 Å². The van der Waals surface area contributed by atoms with Crippen molar-refractivity contribution in [3.63, 3.8) is 0 Å². The lowest BCUT2D eigenvalue weighted by molar-refractivity contribution is -0.212. The van der Waals surface area contributed by atoms with Gasteiger partial charge in [-0.25, -0.2) is 4.79 Å². The van der Waals surface area contributed by atoms with Gasteiger partial charge in [-0.1, -0.05) is 19.3 Å². The monoisotopic (exact) mass is 525 g/mol. The van der Waals surface area contributed by atoms with E-state index in [1.165, 1.54) is 38.3 Å². The Kier molecular flexibility index (Phi) is 8.64. The quantitative estimate of drug-likeness (QED) is 0.299. The van der Waals surface area contributed by atoms with Crippen molar-refractivity contribution in [2.45, 2.75) is 89.6 Å². The van der Waals surface area contributed by atoms with E-state index < -0.39 is 47.8 Å². The summed E-state index contributed by atoms with van der Waals surface area (Å²) in [7, 11) is 0.347. The minimum atomic E-state index is -5.03. The van der Waals surface area contributed by atoms with Crippen LogP contribution in [0.5, 0.6) is 5.75 Å². The van der Waals surface area contributed by atoms with Gasteiger partial charge in [-0.2, -0.15) is 13.2 Å². The van der Waals surface area contributed by atoms with Crippen molar-refractivity contribution < 1.29 is 36.7 Å². The number of carbonyl (C=O) groups excluding carboxylic acids is 1. The van der Waals surface area contributed by atoms with Crippen LogP contribution in [0.25, 0.3) is 0 Å². The highest BCUT2D eigenvalue weighted by atomic mass is 19.4. The van der Waals surface area contributed by atoms with Crippen molar-refractivity contribution in [2.75, 3.05) is 19.0 Å². The number of hydrogen-bond donors (Lipinski definition) is 1. The highest BCUT2D eigenvalue weighted by Crippen LogP contribution is 2.51. The maximum atomic E-state index is 15.4. The molecule has 1 aromatic rings. The van der Waals surface area contributed by atoms with Gasteiger partial charge in [0.1, 0.15) is 5.75 Å². The van der Waals surface area contributed by atoms with E-state index in [2.05, 4.69) is 11.9 Å². The van der Waals surface area contributed by atoms with Crippen molar-refractivity contribution in [1.82, 2.24) is 0 Å². The minimum absolute atomic E-state index is 0.0805. The first-order chi connectivity index (χ1) is 17.2. The molecule has 2 atom stereocenters. The summed E-state index contributed by atoms with van der Waals surface area (Å²) in [5, 5.41) is 2.58. The lowest BCUT2D eigenvalue weighted by Crippen LogP contribution is -2.66. The molecule has 1 aliphatic carbocycles. The molecule has 0 unspecified atom stereocenters. The molecule has 3 rings (SSSR count). The van der Waals surface area contributed by atoms with Gasteiger partial charge in [-0.05, 0) is 83.1 Å². The molecule has 1 N–H and O–H groups in total. The molecule has 0 spiro atoms. The molecule has 2 fully saturated rings. The van der Waals surface area contributed by atoms with Crippen LogP contribution in [0, 0.1) is 11.8 Å². The predicted molar refractivity (Wildman–Crippen MR) is 137 cm³/mol. The average molecular weight is 525 g/mol. The summed E-state index contributed by atoms with van der Waals surface area (Å²) >= 11 is 0. The van der Waals surface area contributed by atoms with Gasteiger partial charge in [-0.3, -0.25) is 0 Å². The van der Waals surface area contributed by atoms with Crippen LogP contribution in [0.15, 0.2) is 36.3 Å². The molecule has 2 aliphatic rings. The van der Waals surface area contributed by atoms with Crippen LogP contribution >= 0.6 is 0 Å². The molecule has 37 heavy (non-hydrogen) atoms. The standard InChI is InChI=1S/C27H39BF3NO5/c1-8-35-23(33)26(27(29,30)31,32-20-14-16-21(34-7)17-15-20)22(19-12-10-9-11-13-19)18(2)28-36-24(3,4)25(5,6)37-28/h14-17,19,22,32H,2,8-13H2,1,3-7H3/t22-,26-/m1/s1. The molecular weight excluding hydrogens is 486 g/mol. The van der Waals surface area contributed by atoms with Crippen molar-refractivity contribution >= 4 is 18.8 Å². The zero-order chi connectivity index (χ0) is 27.6. The number of ether oxygens (including phenoxy) is 2. The van der Waals surface area contributed by atoms with Crippen molar-refractivity contribution in [2.24, 2.45) is 11.8 Å². The Morgan fingerprint density at radius 3 is 2.11 bits per heavy atom. The van der Waals surface area contributed by atoms with Gasteiger partial charge in [0.25, 0.3) is 0 Å². The summed E-state index contributed by atoms with van der Waals surface area (Å²) in [4.78, 5) is 13.5. The van der Waals surface area contributed by atoms with Crippen LogP contribution < -0.4 is 10.1 Å². The van der Waals surface area contributed by atoms with Crippen LogP contribution in [0.3, 0.4) is 0 Å². The molecule has 0 bridgehead atoms. The van der Waals surface area contributed by atoms with Crippen LogP contribution in [-0.2, 0) is 18.8 Å². The number of alkyl halides is 3. The molecule has 1 saturated carbocycles. The number of methoxy groups -OCH3 is 1. The molecule has 0 radical (unpaired) electrons. The first kappa shape index (κ1) is 29.4. The number of hydrogen-bond acceptors (Lipinski definition) is 6. The van der Waals surface area contributed by atoms with Crippen LogP contribution in [-0.4, -0.2) is 49.7 Å². The first-order valence-electron chi connectivity index (χ1n) is 12.9. The summed E-state index contributed by atoms with van der Waals surface area (Å²) < 4.78 is 68.9. The van der Waals surface area contributed by atoms with Crippen LogP contribution in [0.4, 0.5) is 18.9 Å². The Morgan fingerprint density at radius 1 is 1.11 bits per heavy atom. The maximum Gasteiger partial charge on any atom is 0.490 e. The molecule has 206 valence electrons. The average Bonchev–Trinajstić information content (AvgIpc) is 3.05. The largest absolute Gasteiger partial charge is 0.497 e. The number of nitrogens with one attached hydrogen (secondary N) is 1. The van der Waals surface area contributed by atoms with Crippen LogP contribution in [0.2, 0.25) is 0 Å². The number of carbonyl (C=O) groups is 1. The van der Waals surface area contributed by atoms with E-state index in [0.29, 0.717) is 18.6 Å². The van der Waals surface area contributed by atoms with Crippen molar-refractivity contribution in [1.29, 1.82) is 0 Å². The van der Waals surface area contributed by atoms with Crippen molar-refractivity contribution in [3.05, 3.63) is 36.3 Å². The van der Waals surface area contributed by atoms with E-state index in [4.69, 9.17) is 18.8 Å². The van der Waals surface area contributed by atoms with Gasteiger partial charge in [-0.15, -0.1) is 6.58 Å². The fourth-order valence-corrected chi connectivity index (χ4v) is 5.31. The van der Waals surface area contributed by atoms with Gasteiger partial charge in [0.05, 0.1) is 24.9 Å². The number of halogens is 3. The van der Waals surface area contributed by atoms with E-state index >= 15 is 13.2 Å². The van der Waals surface area contributed by atoms with E-state index in [9.17, 15) is 4.79 Å². The summed E-state index contributed by atoms with van der Waals surface area (Å²) in [5.41, 5.74) is -4.50. The number of anilines is 1. The molecule has 0 amide bonds. The highest BCUT2D eigenvalue weighted by Gasteiger charge is 2.69. The van der Waals surface area contributed by atoms with E-state index in [0.717, 1.165) is 19.3 Å². The molecule has 1 heterocycles. The minimum Gasteiger partial charge on any atom is -0.497 e. The van der Waals surface area contributed by atoms with Crippen molar-refractivity contribution in [3.8, 4) is 5.75 Å². The second-order valence-electron chi connectivity index (χ2n) is 10.9. The maximum absolute atomic E-state index is 15.4. The van der Waals surface area contributed by atoms with Gasteiger partial charge < -0.3 is 24.1 Å². The second-order valence-corrected chi connectivity index (χ2v) is 10.9. The smallest absolute Gasteiger partial charge is 0.490 e. The number of benzene rings is 1. The third-order valence-electron chi connectivity index (χ3n) is 8.02. The summed E-state index contributed by atoms with van der Waals surface area (Å²) in [6.07, 6.45) is -1.55. The van der Waals surface area contributed by atoms with Crippen LogP contribution in [0.1, 0.15) is 66.7 Å². The van der Waals surface area contributed by atoms with Gasteiger partial charge >= 0.3 is 19.3 Å². The Morgan fingerprint density at radius 2 is 1.65 bits per heavy atom. The lowest BCUT2D eigenvalue weighted by atomic mass is 9.58. The first-order valence-corrected chi connectivity index (χ1v) is 12.9. The number of rotatable bonds is 9. The Hall–Kier alpha value is -2.20. The summed E-state index contributed by atoms with van der Waals surface area (Å²) in [6.45, 7) is 12.7. The Bertz CT molecular complexity index is 944. The summed E-state index contributed by atoms with van der Waals surface area (Å²) in [5.74, 6) is -2.81. The fraction of sp³-hybridized carbons (Fsp3) is 0.667. The van der Waals surface area contributed by atoms with Gasteiger partial charge in [0.15, 0.2) is 0 Å². The highest BCUT2D eigenvalue weighted by molar-refractivity contribution is 6.54. The van der Waals surface area contributed by atoms with E-state index in [1.54, 1.807) is 0 Å². The third-order valence-corrected chi connectivity index (χ3v) is 8.02. The third kappa shape index (κ3) is 5.65. The van der Waals surface area contributed by atoms with Gasteiger partial charge in [0, 0.05) is 11.6 Å². The van der Waals surface area contributed by atoms with E-state index in [-0.39, 0.29) is 17.8 Å². The van der Waals surface area contributed by atoms with Gasteiger partial charge in [0.2, 0.25) is 5.54 Å². The predicted octanol–water partition coefficient (Wildman–Crippen LogP) is 6.36. The lowest BCUT2D eigenvalue weighted by Gasteiger charge is -2.46. The topological polar surface area (TPSA) is 66.0 Å². The summed E-state index contributed by atoms with van der Waals surface area (Å²) in [6, 6.07) is 5.97. The molecule has 10 heteroatoms. The fourth-order valence-electron chi connectivity index (χ4n) is 5.31. The molecule has 1 aromatic carbocycles. The normalized spacial score (nSPS) is 22.1. The molecule has 6 nitrogen and oxygen atoms in total. The molecule has 1 aliphatic heterocycles. The molecule has 1 saturated heterocycles. The Balaban J connectivity index is 2.19. The SMILES string of the molecule is C=C(B1OC(C)(C)C(C)(C)O1)[C@H](C1CCCCC1)[C@@](Nc1ccc(OC)cc1)(C(=O)OCC)C(F)(F)F. The molecule has 0 aromatic heterocycles. The second kappa shape index (κ2) is 10.9. The zero-order valence-corrected chi connectivity index (χ0v) is 22.7. The zero-order valence-electron chi connectivity index (χ0n) is 22.7.